The first-order valence-corrected chi connectivity index (χ1v) is 6.59. The van der Waals surface area contributed by atoms with E-state index in [4.69, 9.17) is 0 Å². The van der Waals surface area contributed by atoms with Crippen molar-refractivity contribution in [2.45, 2.75) is 45.6 Å². The molecule has 1 unspecified atom stereocenters. The number of hydrogen-bond acceptors (Lipinski definition) is 2. The lowest BCUT2D eigenvalue weighted by Gasteiger charge is -2.09. The molecule has 104 valence electrons. The van der Waals surface area contributed by atoms with Crippen molar-refractivity contribution >= 4 is 11.0 Å². The van der Waals surface area contributed by atoms with Crippen LogP contribution in [0.2, 0.25) is 0 Å². The number of ether oxygens (including phenoxy) is 1. The molecule has 5 heteroatoms. The Balaban J connectivity index is 2.38. The Morgan fingerprint density at radius 1 is 1.32 bits per heavy atom. The zero-order chi connectivity index (χ0) is 13.8. The SMILES string of the molecule is CCCC(CC)c1nc2c(OC(F)F)cccc2[nH]1. The molecule has 0 bridgehead atoms. The van der Waals surface area contributed by atoms with E-state index in [1.54, 1.807) is 6.07 Å². The van der Waals surface area contributed by atoms with Crippen molar-refractivity contribution in [3.05, 3.63) is 24.0 Å². The van der Waals surface area contributed by atoms with Crippen LogP contribution in [0.1, 0.15) is 44.9 Å². The number of halogens is 2. The molecule has 0 saturated heterocycles. The summed E-state index contributed by atoms with van der Waals surface area (Å²) in [5.41, 5.74) is 1.22. The predicted octanol–water partition coefficient (Wildman–Crippen LogP) is 4.46. The highest BCUT2D eigenvalue weighted by Crippen LogP contribution is 2.29. The maximum absolute atomic E-state index is 12.3. The van der Waals surface area contributed by atoms with Gasteiger partial charge in [0.25, 0.3) is 0 Å². The lowest BCUT2D eigenvalue weighted by molar-refractivity contribution is -0.0489. The van der Waals surface area contributed by atoms with Gasteiger partial charge in [0.1, 0.15) is 11.3 Å². The maximum atomic E-state index is 12.3. The van der Waals surface area contributed by atoms with Gasteiger partial charge in [-0.1, -0.05) is 26.3 Å². The Hall–Kier alpha value is -1.65. The molecule has 3 nitrogen and oxygen atoms in total. The van der Waals surface area contributed by atoms with E-state index in [0.717, 1.165) is 30.6 Å². The van der Waals surface area contributed by atoms with Crippen molar-refractivity contribution < 1.29 is 13.5 Å². The predicted molar refractivity (Wildman–Crippen MR) is 70.7 cm³/mol. The van der Waals surface area contributed by atoms with Crippen molar-refractivity contribution in [2.24, 2.45) is 0 Å². The summed E-state index contributed by atoms with van der Waals surface area (Å²) in [6.07, 6.45) is 3.07. The summed E-state index contributed by atoms with van der Waals surface area (Å²) in [5.74, 6) is 1.31. The van der Waals surface area contributed by atoms with Crippen molar-refractivity contribution in [1.29, 1.82) is 0 Å². The summed E-state index contributed by atoms with van der Waals surface area (Å²) >= 11 is 0. The fraction of sp³-hybridized carbons (Fsp3) is 0.500. The second kappa shape index (κ2) is 5.99. The quantitative estimate of drug-likeness (QED) is 0.840. The Morgan fingerprint density at radius 2 is 2.11 bits per heavy atom. The van der Waals surface area contributed by atoms with E-state index in [0.29, 0.717) is 11.4 Å². The average molecular weight is 268 g/mol. The molecule has 2 aromatic rings. The van der Waals surface area contributed by atoms with E-state index in [1.807, 2.05) is 6.07 Å². The molecular formula is C14H18F2N2O. The smallest absolute Gasteiger partial charge is 0.387 e. The second-order valence-electron chi connectivity index (χ2n) is 4.55. The highest BCUT2D eigenvalue weighted by Gasteiger charge is 2.16. The van der Waals surface area contributed by atoms with Crippen LogP contribution >= 0.6 is 0 Å². The molecule has 0 saturated carbocycles. The highest BCUT2D eigenvalue weighted by molar-refractivity contribution is 5.81. The molecular weight excluding hydrogens is 250 g/mol. The van der Waals surface area contributed by atoms with Gasteiger partial charge in [-0.2, -0.15) is 8.78 Å². The second-order valence-corrected chi connectivity index (χ2v) is 4.55. The van der Waals surface area contributed by atoms with Crippen molar-refractivity contribution in [1.82, 2.24) is 9.97 Å². The zero-order valence-electron chi connectivity index (χ0n) is 11.1. The van der Waals surface area contributed by atoms with E-state index in [-0.39, 0.29) is 5.75 Å². The Bertz CT molecular complexity index is 539. The largest absolute Gasteiger partial charge is 0.432 e. The van der Waals surface area contributed by atoms with Gasteiger partial charge < -0.3 is 9.72 Å². The summed E-state index contributed by atoms with van der Waals surface area (Å²) in [5, 5.41) is 0. The normalized spacial score (nSPS) is 13.1. The number of H-pyrrole nitrogens is 1. The number of benzene rings is 1. The standard InChI is InChI=1S/C14H18F2N2O/c1-3-6-9(4-2)13-17-10-7-5-8-11(12(10)18-13)19-14(15)16/h5,7-9,14H,3-4,6H2,1-2H3,(H,17,18). The summed E-state index contributed by atoms with van der Waals surface area (Å²) < 4.78 is 29.2. The molecule has 1 aromatic carbocycles. The molecule has 1 N–H and O–H groups in total. The van der Waals surface area contributed by atoms with Crippen LogP contribution in [-0.4, -0.2) is 16.6 Å². The molecule has 0 aliphatic carbocycles. The number of aromatic amines is 1. The first-order valence-electron chi connectivity index (χ1n) is 6.59. The Labute approximate surface area is 111 Å². The number of nitrogens with zero attached hydrogens (tertiary/aromatic N) is 1. The molecule has 0 fully saturated rings. The van der Waals surface area contributed by atoms with Crippen molar-refractivity contribution in [3.63, 3.8) is 0 Å². The van der Waals surface area contributed by atoms with Crippen LogP contribution in [-0.2, 0) is 0 Å². The zero-order valence-corrected chi connectivity index (χ0v) is 11.1. The molecule has 2 rings (SSSR count). The third kappa shape index (κ3) is 3.03. The minimum absolute atomic E-state index is 0.126. The number of para-hydroxylation sites is 1. The average Bonchev–Trinajstić information content (AvgIpc) is 2.80. The lowest BCUT2D eigenvalue weighted by Crippen LogP contribution is -2.02. The van der Waals surface area contributed by atoms with Crippen LogP contribution in [0.4, 0.5) is 8.78 Å². The van der Waals surface area contributed by atoms with Crippen LogP contribution < -0.4 is 4.74 Å². The molecule has 1 aromatic heterocycles. The van der Waals surface area contributed by atoms with Gasteiger partial charge in [0.2, 0.25) is 0 Å². The Morgan fingerprint density at radius 3 is 2.74 bits per heavy atom. The fourth-order valence-electron chi connectivity index (χ4n) is 2.29. The van der Waals surface area contributed by atoms with Crippen LogP contribution in [0.5, 0.6) is 5.75 Å². The molecule has 19 heavy (non-hydrogen) atoms. The molecule has 1 heterocycles. The lowest BCUT2D eigenvalue weighted by atomic mass is 10.0. The number of aromatic nitrogens is 2. The number of hydrogen-bond donors (Lipinski definition) is 1. The number of alkyl halides is 2. The first kappa shape index (κ1) is 13.8. The van der Waals surface area contributed by atoms with Crippen LogP contribution in [0, 0.1) is 0 Å². The third-order valence-electron chi connectivity index (χ3n) is 3.23. The summed E-state index contributed by atoms with van der Waals surface area (Å²) in [7, 11) is 0. The van der Waals surface area contributed by atoms with E-state index >= 15 is 0 Å². The van der Waals surface area contributed by atoms with Crippen LogP contribution in [0.15, 0.2) is 18.2 Å². The summed E-state index contributed by atoms with van der Waals surface area (Å²) in [6.45, 7) is 1.39. The van der Waals surface area contributed by atoms with Gasteiger partial charge in [-0.05, 0) is 25.0 Å². The number of fused-ring (bicyclic) bond motifs is 1. The van der Waals surface area contributed by atoms with Crippen molar-refractivity contribution in [2.75, 3.05) is 0 Å². The molecule has 0 amide bonds. The van der Waals surface area contributed by atoms with Crippen LogP contribution in [0.3, 0.4) is 0 Å². The van der Waals surface area contributed by atoms with Crippen LogP contribution in [0.25, 0.3) is 11.0 Å². The minimum atomic E-state index is -2.83. The molecule has 0 radical (unpaired) electrons. The monoisotopic (exact) mass is 268 g/mol. The first-order chi connectivity index (χ1) is 9.15. The number of rotatable bonds is 6. The molecule has 1 atom stereocenters. The van der Waals surface area contributed by atoms with Gasteiger partial charge in [0.15, 0.2) is 5.75 Å². The highest BCUT2D eigenvalue weighted by atomic mass is 19.3. The molecule has 0 aliphatic rings. The molecule has 0 spiro atoms. The fourth-order valence-corrected chi connectivity index (χ4v) is 2.29. The maximum Gasteiger partial charge on any atom is 0.387 e. The van der Waals surface area contributed by atoms with Crippen molar-refractivity contribution in [3.8, 4) is 5.75 Å². The van der Waals surface area contributed by atoms with Gasteiger partial charge in [-0.25, -0.2) is 4.98 Å². The van der Waals surface area contributed by atoms with Gasteiger partial charge in [-0.3, -0.25) is 0 Å². The van der Waals surface area contributed by atoms with E-state index < -0.39 is 6.61 Å². The summed E-state index contributed by atoms with van der Waals surface area (Å²) in [4.78, 5) is 7.65. The third-order valence-corrected chi connectivity index (χ3v) is 3.23. The Kier molecular flexibility index (Phi) is 4.35. The minimum Gasteiger partial charge on any atom is -0.432 e. The van der Waals surface area contributed by atoms with Gasteiger partial charge in [0, 0.05) is 5.92 Å². The van der Waals surface area contributed by atoms with E-state index in [9.17, 15) is 8.78 Å². The topological polar surface area (TPSA) is 37.9 Å². The van der Waals surface area contributed by atoms with E-state index in [1.165, 1.54) is 6.07 Å². The molecule has 0 aliphatic heterocycles. The van der Waals surface area contributed by atoms with Gasteiger partial charge >= 0.3 is 6.61 Å². The van der Waals surface area contributed by atoms with E-state index in [2.05, 4.69) is 28.6 Å². The van der Waals surface area contributed by atoms with Gasteiger partial charge in [-0.15, -0.1) is 0 Å². The van der Waals surface area contributed by atoms with Gasteiger partial charge in [0.05, 0.1) is 5.52 Å². The summed E-state index contributed by atoms with van der Waals surface area (Å²) in [6, 6.07) is 5.02. The number of imidazole rings is 1. The number of nitrogens with one attached hydrogen (secondary N) is 1.